The van der Waals surface area contributed by atoms with Crippen LogP contribution >= 0.6 is 0 Å². The van der Waals surface area contributed by atoms with Crippen molar-refractivity contribution in [2.75, 3.05) is 18.1 Å². The minimum atomic E-state index is -3.06. The molecule has 4 rings (SSSR count). The van der Waals surface area contributed by atoms with Gasteiger partial charge in [-0.15, -0.1) is 0 Å². The largest absolute Gasteiger partial charge is 0.452 e. The van der Waals surface area contributed by atoms with Crippen LogP contribution in [0.25, 0.3) is 10.9 Å². The number of sulfone groups is 1. The maximum Gasteiger partial charge on any atom is 0.338 e. The fourth-order valence-corrected chi connectivity index (χ4v) is 5.60. The van der Waals surface area contributed by atoms with Crippen LogP contribution in [0, 0.1) is 0 Å². The molecule has 0 bridgehead atoms. The number of benzene rings is 1. The van der Waals surface area contributed by atoms with E-state index < -0.39 is 34.4 Å². The summed E-state index contributed by atoms with van der Waals surface area (Å²) in [7, 11) is -3.06. The molecule has 1 atom stereocenters. The van der Waals surface area contributed by atoms with Crippen molar-refractivity contribution in [2.45, 2.75) is 38.1 Å². The molecule has 27 heavy (non-hydrogen) atoms. The Morgan fingerprint density at radius 2 is 2.04 bits per heavy atom. The Labute approximate surface area is 157 Å². The first-order valence-corrected chi connectivity index (χ1v) is 11.0. The zero-order chi connectivity index (χ0) is 19.0. The highest BCUT2D eigenvalue weighted by atomic mass is 32.2. The van der Waals surface area contributed by atoms with E-state index in [1.165, 1.54) is 17.7 Å². The van der Waals surface area contributed by atoms with Crippen molar-refractivity contribution in [3.8, 4) is 0 Å². The van der Waals surface area contributed by atoms with Crippen molar-refractivity contribution in [2.24, 2.45) is 0 Å². The van der Waals surface area contributed by atoms with E-state index in [1.54, 1.807) is 6.07 Å². The molecule has 2 heterocycles. The number of carbonyl (C=O) groups excluding carboxylic acids is 2. The molecule has 1 fully saturated rings. The van der Waals surface area contributed by atoms with Gasteiger partial charge in [0.1, 0.15) is 0 Å². The summed E-state index contributed by atoms with van der Waals surface area (Å²) in [4.78, 5) is 27.6. The second-order valence-electron chi connectivity index (χ2n) is 7.29. The minimum absolute atomic E-state index is 0.0536. The van der Waals surface area contributed by atoms with Gasteiger partial charge in [0.25, 0.3) is 5.91 Å². The first-order valence-electron chi connectivity index (χ1n) is 9.22. The van der Waals surface area contributed by atoms with Gasteiger partial charge in [-0.2, -0.15) is 0 Å². The maximum absolute atomic E-state index is 12.3. The van der Waals surface area contributed by atoms with Gasteiger partial charge in [-0.3, -0.25) is 4.79 Å². The molecule has 2 N–H and O–H groups in total. The third-order valence-corrected chi connectivity index (χ3v) is 7.03. The van der Waals surface area contributed by atoms with Crippen molar-refractivity contribution in [3.63, 3.8) is 0 Å². The lowest BCUT2D eigenvalue weighted by molar-refractivity contribution is -0.124. The maximum atomic E-state index is 12.3. The van der Waals surface area contributed by atoms with Crippen LogP contribution in [-0.2, 0) is 32.2 Å². The van der Waals surface area contributed by atoms with Gasteiger partial charge in [0.05, 0.1) is 17.1 Å². The van der Waals surface area contributed by atoms with Crippen LogP contribution in [0.1, 0.15) is 40.9 Å². The number of esters is 1. The highest BCUT2D eigenvalue weighted by Crippen LogP contribution is 2.29. The number of rotatable bonds is 4. The molecule has 1 aliphatic heterocycles. The molecule has 0 saturated carbocycles. The smallest absolute Gasteiger partial charge is 0.338 e. The van der Waals surface area contributed by atoms with E-state index in [2.05, 4.69) is 10.3 Å². The van der Waals surface area contributed by atoms with Gasteiger partial charge < -0.3 is 15.0 Å². The molecule has 8 heteroatoms. The molecule has 1 aliphatic carbocycles. The van der Waals surface area contributed by atoms with Crippen LogP contribution in [0.5, 0.6) is 0 Å². The van der Waals surface area contributed by atoms with Crippen LogP contribution in [0.2, 0.25) is 0 Å². The predicted octanol–water partition coefficient (Wildman–Crippen LogP) is 1.51. The van der Waals surface area contributed by atoms with Crippen LogP contribution in [0.3, 0.4) is 0 Å². The van der Waals surface area contributed by atoms with E-state index in [0.29, 0.717) is 12.0 Å². The fraction of sp³-hybridized carbons (Fsp3) is 0.474. The monoisotopic (exact) mass is 390 g/mol. The molecule has 0 radical (unpaired) electrons. The molecule has 0 unspecified atom stereocenters. The summed E-state index contributed by atoms with van der Waals surface area (Å²) >= 11 is 0. The first-order chi connectivity index (χ1) is 12.9. The highest BCUT2D eigenvalue weighted by molar-refractivity contribution is 7.91. The third kappa shape index (κ3) is 3.85. The van der Waals surface area contributed by atoms with Crippen molar-refractivity contribution in [3.05, 3.63) is 35.0 Å². The molecule has 1 saturated heterocycles. The Bertz CT molecular complexity index is 1010. The average molecular weight is 390 g/mol. The Morgan fingerprint density at radius 3 is 2.81 bits per heavy atom. The van der Waals surface area contributed by atoms with Crippen molar-refractivity contribution >= 4 is 32.6 Å². The van der Waals surface area contributed by atoms with Crippen LogP contribution in [-0.4, -0.2) is 49.4 Å². The second kappa shape index (κ2) is 6.99. The zero-order valence-electron chi connectivity index (χ0n) is 14.9. The molecular weight excluding hydrogens is 368 g/mol. The minimum Gasteiger partial charge on any atom is -0.452 e. The van der Waals surface area contributed by atoms with E-state index in [9.17, 15) is 18.0 Å². The second-order valence-corrected chi connectivity index (χ2v) is 9.52. The van der Waals surface area contributed by atoms with Gasteiger partial charge in [-0.1, -0.05) is 0 Å². The number of nitrogens with one attached hydrogen (secondary N) is 2. The number of aryl methyl sites for hydroxylation is 2. The molecular formula is C19H22N2O5S. The van der Waals surface area contributed by atoms with Crippen LogP contribution < -0.4 is 5.32 Å². The SMILES string of the molecule is O=C(COC(=O)c1ccc2[nH]c3c(c2c1)CCCC3)N[C@@H]1CCS(=O)(=O)C1. The Hall–Kier alpha value is -2.35. The van der Waals surface area contributed by atoms with Gasteiger partial charge >= 0.3 is 5.97 Å². The molecule has 0 spiro atoms. The lowest BCUT2D eigenvalue weighted by Crippen LogP contribution is -2.38. The lowest BCUT2D eigenvalue weighted by atomic mass is 9.95. The van der Waals surface area contributed by atoms with E-state index in [4.69, 9.17) is 4.74 Å². The summed E-state index contributed by atoms with van der Waals surface area (Å²) in [6.45, 7) is -0.418. The Balaban J connectivity index is 1.39. The number of hydrogen-bond donors (Lipinski definition) is 2. The third-order valence-electron chi connectivity index (χ3n) is 5.27. The number of carbonyl (C=O) groups is 2. The number of amides is 1. The molecule has 1 amide bonds. The van der Waals surface area contributed by atoms with Gasteiger partial charge in [0, 0.05) is 22.6 Å². The summed E-state index contributed by atoms with van der Waals surface area (Å²) in [6, 6.07) is 4.98. The number of ether oxygens (including phenoxy) is 1. The van der Waals surface area contributed by atoms with Crippen LogP contribution in [0.4, 0.5) is 0 Å². The van der Waals surface area contributed by atoms with Crippen molar-refractivity contribution < 1.29 is 22.7 Å². The standard InChI is InChI=1S/C19H22N2O5S/c22-18(20-13-7-8-27(24,25)11-13)10-26-19(23)12-5-6-17-15(9-12)14-3-1-2-4-16(14)21-17/h5-6,9,13,21H,1-4,7-8,10-11H2,(H,20,22)/t13-/m1/s1. The van der Waals surface area contributed by atoms with E-state index >= 15 is 0 Å². The van der Waals surface area contributed by atoms with Crippen molar-refractivity contribution in [1.29, 1.82) is 0 Å². The summed E-state index contributed by atoms with van der Waals surface area (Å²) in [5.41, 5.74) is 3.93. The van der Waals surface area contributed by atoms with Gasteiger partial charge in [-0.25, -0.2) is 13.2 Å². The Kier molecular flexibility index (Phi) is 4.67. The fourth-order valence-electron chi connectivity index (χ4n) is 3.93. The molecule has 7 nitrogen and oxygen atoms in total. The first kappa shape index (κ1) is 18.0. The number of hydrogen-bond acceptors (Lipinski definition) is 5. The van der Waals surface area contributed by atoms with Gasteiger partial charge in [-0.05, 0) is 55.9 Å². The van der Waals surface area contributed by atoms with Crippen molar-refractivity contribution in [1.82, 2.24) is 10.3 Å². The number of H-pyrrole nitrogens is 1. The number of aromatic amines is 1. The van der Waals surface area contributed by atoms with E-state index in [1.807, 2.05) is 12.1 Å². The number of fused-ring (bicyclic) bond motifs is 3. The molecule has 2 aliphatic rings. The summed E-state index contributed by atoms with van der Waals surface area (Å²) < 4.78 is 28.0. The molecule has 1 aromatic heterocycles. The normalized spacial score (nSPS) is 21.0. The van der Waals surface area contributed by atoms with Gasteiger partial charge in [0.2, 0.25) is 0 Å². The van der Waals surface area contributed by atoms with Gasteiger partial charge in [0.15, 0.2) is 16.4 Å². The van der Waals surface area contributed by atoms with Crippen LogP contribution in [0.15, 0.2) is 18.2 Å². The topological polar surface area (TPSA) is 105 Å². The molecule has 144 valence electrons. The molecule has 2 aromatic rings. The Morgan fingerprint density at radius 1 is 1.22 bits per heavy atom. The summed E-state index contributed by atoms with van der Waals surface area (Å²) in [5.74, 6) is -1.01. The highest BCUT2D eigenvalue weighted by Gasteiger charge is 2.29. The lowest BCUT2D eigenvalue weighted by Gasteiger charge is -2.11. The quantitative estimate of drug-likeness (QED) is 0.770. The summed E-state index contributed by atoms with van der Waals surface area (Å²) in [5, 5.41) is 3.65. The zero-order valence-corrected chi connectivity index (χ0v) is 15.7. The van der Waals surface area contributed by atoms with E-state index in [-0.39, 0.29) is 11.5 Å². The predicted molar refractivity (Wildman–Crippen MR) is 100 cm³/mol. The van der Waals surface area contributed by atoms with E-state index in [0.717, 1.165) is 30.2 Å². The average Bonchev–Trinajstić information content (AvgIpc) is 3.18. The summed E-state index contributed by atoms with van der Waals surface area (Å²) in [6.07, 6.45) is 4.75. The number of aromatic nitrogens is 1. The molecule has 1 aromatic carbocycles.